The van der Waals surface area contributed by atoms with Crippen molar-refractivity contribution in [2.24, 2.45) is 0 Å². The fourth-order valence-electron chi connectivity index (χ4n) is 2.12. The molecule has 0 heterocycles. The van der Waals surface area contributed by atoms with Crippen molar-refractivity contribution in [1.82, 2.24) is 5.32 Å². The molecule has 2 aromatic rings. The van der Waals surface area contributed by atoms with Crippen LogP contribution in [0.3, 0.4) is 0 Å². The fourth-order valence-corrected chi connectivity index (χ4v) is 2.24. The van der Waals surface area contributed by atoms with E-state index in [-0.39, 0.29) is 5.56 Å². The molecule has 2 rings (SSSR count). The number of hydrogen-bond donors (Lipinski definition) is 1. The largest absolute Gasteiger partial charge is 0.416 e. The zero-order valence-corrected chi connectivity index (χ0v) is 12.2. The third-order valence-electron chi connectivity index (χ3n) is 3.26. The lowest BCUT2D eigenvalue weighted by Crippen LogP contribution is -2.21. The number of benzene rings is 2. The Balaban J connectivity index is 2.10. The third-order valence-corrected chi connectivity index (χ3v) is 3.51. The first-order valence-electron chi connectivity index (χ1n) is 6.52. The zero-order valence-electron chi connectivity index (χ0n) is 11.4. The van der Waals surface area contributed by atoms with Gasteiger partial charge in [0.15, 0.2) is 0 Å². The summed E-state index contributed by atoms with van der Waals surface area (Å²) in [5.41, 5.74) is 0.621. The van der Waals surface area contributed by atoms with Gasteiger partial charge in [-0.15, -0.1) is 0 Å². The Labute approximate surface area is 126 Å². The molecule has 0 aliphatic carbocycles. The average molecular weight is 314 g/mol. The van der Waals surface area contributed by atoms with E-state index in [0.29, 0.717) is 11.6 Å². The number of nitrogens with one attached hydrogen (secondary N) is 1. The molecule has 2 aromatic carbocycles. The van der Waals surface area contributed by atoms with Crippen molar-refractivity contribution in [2.45, 2.75) is 25.7 Å². The summed E-state index contributed by atoms with van der Waals surface area (Å²) >= 11 is 5.80. The smallest absolute Gasteiger partial charge is 0.306 e. The Kier molecular flexibility index (Phi) is 4.91. The molecule has 0 aromatic heterocycles. The summed E-state index contributed by atoms with van der Waals surface area (Å²) in [6, 6.07) is 12.4. The van der Waals surface area contributed by atoms with Crippen LogP contribution in [0.4, 0.5) is 13.2 Å². The summed E-state index contributed by atoms with van der Waals surface area (Å²) in [7, 11) is 0. The molecule has 5 heteroatoms. The third kappa shape index (κ3) is 4.22. The maximum absolute atomic E-state index is 13.0. The monoisotopic (exact) mass is 313 g/mol. The Morgan fingerprint density at radius 3 is 2.29 bits per heavy atom. The van der Waals surface area contributed by atoms with E-state index in [9.17, 15) is 13.2 Å². The highest BCUT2D eigenvalue weighted by Gasteiger charge is 2.33. The van der Waals surface area contributed by atoms with Crippen LogP contribution in [0.1, 0.15) is 29.7 Å². The molecule has 1 atom stereocenters. The quantitative estimate of drug-likeness (QED) is 0.817. The van der Waals surface area contributed by atoms with Crippen LogP contribution in [0.2, 0.25) is 5.02 Å². The Hall–Kier alpha value is -1.52. The van der Waals surface area contributed by atoms with Crippen molar-refractivity contribution in [3.05, 3.63) is 70.2 Å². The van der Waals surface area contributed by atoms with Crippen LogP contribution in [-0.2, 0) is 12.7 Å². The van der Waals surface area contributed by atoms with Crippen molar-refractivity contribution in [2.75, 3.05) is 0 Å². The van der Waals surface area contributed by atoms with Gasteiger partial charge in [-0.3, -0.25) is 0 Å². The Bertz CT molecular complexity index is 593. The van der Waals surface area contributed by atoms with Gasteiger partial charge < -0.3 is 5.32 Å². The van der Waals surface area contributed by atoms with Gasteiger partial charge in [-0.1, -0.05) is 41.9 Å². The van der Waals surface area contributed by atoms with E-state index in [1.807, 2.05) is 12.1 Å². The van der Waals surface area contributed by atoms with Crippen LogP contribution in [0.15, 0.2) is 48.5 Å². The normalized spacial score (nSPS) is 13.2. The minimum absolute atomic E-state index is 0.249. The van der Waals surface area contributed by atoms with E-state index in [1.54, 1.807) is 25.1 Å². The lowest BCUT2D eigenvalue weighted by molar-refractivity contribution is -0.138. The molecule has 0 spiro atoms. The summed E-state index contributed by atoms with van der Waals surface area (Å²) in [5, 5.41) is 3.74. The SMILES string of the molecule is CC(NCc1ccc(Cl)cc1)c1ccccc1C(F)(F)F. The standard InChI is InChI=1S/C16H15ClF3N/c1-11(21-10-12-6-8-13(17)9-7-12)14-4-2-3-5-15(14)16(18,19)20/h2-9,11,21H,10H2,1H3. The van der Waals surface area contributed by atoms with Crippen molar-refractivity contribution in [3.8, 4) is 0 Å². The summed E-state index contributed by atoms with van der Waals surface area (Å²) in [6.07, 6.45) is -4.34. The molecular weight excluding hydrogens is 299 g/mol. The van der Waals surface area contributed by atoms with E-state index in [1.165, 1.54) is 12.1 Å². The van der Waals surface area contributed by atoms with E-state index >= 15 is 0 Å². The van der Waals surface area contributed by atoms with Crippen molar-refractivity contribution in [1.29, 1.82) is 0 Å². The van der Waals surface area contributed by atoms with Gasteiger partial charge in [-0.05, 0) is 36.2 Å². The molecule has 0 bridgehead atoms. The molecule has 0 aliphatic heterocycles. The topological polar surface area (TPSA) is 12.0 Å². The second kappa shape index (κ2) is 6.50. The fraction of sp³-hybridized carbons (Fsp3) is 0.250. The molecular formula is C16H15ClF3N. The average Bonchev–Trinajstić information content (AvgIpc) is 2.45. The molecule has 0 amide bonds. The predicted octanol–water partition coefficient (Wildman–Crippen LogP) is 5.21. The van der Waals surface area contributed by atoms with Gasteiger partial charge >= 0.3 is 6.18 Å². The highest BCUT2D eigenvalue weighted by atomic mass is 35.5. The second-order valence-electron chi connectivity index (χ2n) is 4.81. The summed E-state index contributed by atoms with van der Waals surface area (Å²) < 4.78 is 38.9. The zero-order chi connectivity index (χ0) is 15.5. The maximum atomic E-state index is 13.0. The van der Waals surface area contributed by atoms with E-state index in [4.69, 9.17) is 11.6 Å². The molecule has 21 heavy (non-hydrogen) atoms. The van der Waals surface area contributed by atoms with Gasteiger partial charge in [0.2, 0.25) is 0 Å². The molecule has 1 nitrogen and oxygen atoms in total. The van der Waals surface area contributed by atoms with Gasteiger partial charge in [0.1, 0.15) is 0 Å². The molecule has 0 saturated heterocycles. The summed E-state index contributed by atoms with van der Waals surface area (Å²) in [5.74, 6) is 0. The first-order chi connectivity index (χ1) is 9.88. The minimum atomic E-state index is -4.34. The molecule has 0 fully saturated rings. The lowest BCUT2D eigenvalue weighted by Gasteiger charge is -2.19. The lowest BCUT2D eigenvalue weighted by atomic mass is 10.0. The molecule has 0 saturated carbocycles. The van der Waals surface area contributed by atoms with Crippen LogP contribution >= 0.6 is 11.6 Å². The molecule has 1 unspecified atom stereocenters. The predicted molar refractivity (Wildman–Crippen MR) is 78.2 cm³/mol. The molecule has 112 valence electrons. The van der Waals surface area contributed by atoms with E-state index in [2.05, 4.69) is 5.32 Å². The molecule has 0 radical (unpaired) electrons. The van der Waals surface area contributed by atoms with Crippen LogP contribution in [0, 0.1) is 0 Å². The Morgan fingerprint density at radius 1 is 1.05 bits per heavy atom. The van der Waals surface area contributed by atoms with Gasteiger partial charge in [-0.2, -0.15) is 13.2 Å². The van der Waals surface area contributed by atoms with Crippen molar-refractivity contribution >= 4 is 11.6 Å². The highest BCUT2D eigenvalue weighted by molar-refractivity contribution is 6.30. The minimum Gasteiger partial charge on any atom is -0.306 e. The number of halogens is 4. The van der Waals surface area contributed by atoms with E-state index < -0.39 is 17.8 Å². The van der Waals surface area contributed by atoms with Gasteiger partial charge in [-0.25, -0.2) is 0 Å². The van der Waals surface area contributed by atoms with Gasteiger partial charge in [0.05, 0.1) is 5.56 Å². The van der Waals surface area contributed by atoms with E-state index in [0.717, 1.165) is 11.6 Å². The first kappa shape index (κ1) is 15.9. The van der Waals surface area contributed by atoms with Crippen molar-refractivity contribution < 1.29 is 13.2 Å². The van der Waals surface area contributed by atoms with Crippen molar-refractivity contribution in [3.63, 3.8) is 0 Å². The van der Waals surface area contributed by atoms with Crippen LogP contribution in [-0.4, -0.2) is 0 Å². The van der Waals surface area contributed by atoms with Gasteiger partial charge in [0.25, 0.3) is 0 Å². The van der Waals surface area contributed by atoms with Gasteiger partial charge in [0, 0.05) is 17.6 Å². The first-order valence-corrected chi connectivity index (χ1v) is 6.89. The molecule has 0 aliphatic rings. The highest BCUT2D eigenvalue weighted by Crippen LogP contribution is 2.34. The van der Waals surface area contributed by atoms with Crippen LogP contribution in [0.25, 0.3) is 0 Å². The summed E-state index contributed by atoms with van der Waals surface area (Å²) in [6.45, 7) is 2.20. The number of hydrogen-bond acceptors (Lipinski definition) is 1. The number of alkyl halides is 3. The Morgan fingerprint density at radius 2 is 1.67 bits per heavy atom. The second-order valence-corrected chi connectivity index (χ2v) is 5.25. The number of rotatable bonds is 4. The maximum Gasteiger partial charge on any atom is 0.416 e. The summed E-state index contributed by atoms with van der Waals surface area (Å²) in [4.78, 5) is 0. The van der Waals surface area contributed by atoms with Crippen LogP contribution < -0.4 is 5.32 Å². The molecule has 1 N–H and O–H groups in total. The van der Waals surface area contributed by atoms with Crippen LogP contribution in [0.5, 0.6) is 0 Å².